The molecule has 0 fully saturated rings. The normalized spacial score (nSPS) is 9.50. The summed E-state index contributed by atoms with van der Waals surface area (Å²) in [5, 5.41) is 1.22. The quantitative estimate of drug-likeness (QED) is 0.351. The van der Waals surface area contributed by atoms with E-state index in [9.17, 15) is 0 Å². The fourth-order valence-electron chi connectivity index (χ4n) is 1.81. The molecule has 0 heterocycles. The molecule has 10 heteroatoms. The third-order valence-corrected chi connectivity index (χ3v) is 4.20. The van der Waals surface area contributed by atoms with E-state index in [1.165, 1.54) is 24.3 Å². The number of halogens is 5. The Hall–Kier alpha value is -1.83. The highest BCUT2D eigenvalue weighted by Gasteiger charge is 2.11. The highest BCUT2D eigenvalue weighted by atomic mass is 35.5. The van der Waals surface area contributed by atoms with Gasteiger partial charge >= 0.3 is 0 Å². The fourth-order valence-corrected chi connectivity index (χ4v) is 2.76. The van der Waals surface area contributed by atoms with Crippen LogP contribution in [0.15, 0.2) is 24.3 Å². The zero-order chi connectivity index (χ0) is 19.8. The molecule has 0 aliphatic carbocycles. The highest BCUT2D eigenvalue weighted by molar-refractivity contribution is 6.37. The average molecular weight is 483 g/mol. The monoisotopic (exact) mass is 480 g/mol. The average Bonchev–Trinajstić information content (AvgIpc) is 2.63. The van der Waals surface area contributed by atoms with Crippen LogP contribution in [0.3, 0.4) is 0 Å². The molecule has 28 heavy (non-hydrogen) atoms. The molecule has 0 saturated heterocycles. The van der Waals surface area contributed by atoms with Gasteiger partial charge in [-0.05, 0) is 12.1 Å². The number of hydrogen-bond acceptors (Lipinski definition) is 5. The van der Waals surface area contributed by atoms with E-state index < -0.39 is 0 Å². The second-order valence-electron chi connectivity index (χ2n) is 4.82. The molecule has 2 aromatic rings. The predicted molar refractivity (Wildman–Crippen MR) is 117 cm³/mol. The minimum atomic E-state index is 0. The number of nitrogens with one attached hydrogen (secondary N) is 2. The van der Waals surface area contributed by atoms with Crippen LogP contribution in [0, 0.1) is 24.7 Å². The first-order chi connectivity index (χ1) is 13.0. The van der Waals surface area contributed by atoms with Crippen molar-refractivity contribution in [2.75, 3.05) is 24.2 Å². The Morgan fingerprint density at radius 2 is 1.11 bits per heavy atom. The van der Waals surface area contributed by atoms with Gasteiger partial charge in [0.2, 0.25) is 0 Å². The third-order valence-electron chi connectivity index (χ3n) is 2.99. The van der Waals surface area contributed by atoms with Crippen LogP contribution in [0.25, 0.3) is 0 Å². The van der Waals surface area contributed by atoms with E-state index >= 15 is 0 Å². The van der Waals surface area contributed by atoms with Gasteiger partial charge in [-0.2, -0.15) is 4.94 Å². The van der Waals surface area contributed by atoms with E-state index in [2.05, 4.69) is 22.8 Å². The van der Waals surface area contributed by atoms with Crippen LogP contribution in [0.5, 0.6) is 11.5 Å². The van der Waals surface area contributed by atoms with Crippen LogP contribution < -0.4 is 20.4 Å². The summed E-state index contributed by atoms with van der Waals surface area (Å²) in [6, 6.07) is 6.05. The Balaban J connectivity index is 0.00000392. The van der Waals surface area contributed by atoms with Crippen molar-refractivity contribution in [3.8, 4) is 36.2 Å². The number of ether oxygens (including phenoxy) is 2. The summed E-state index contributed by atoms with van der Waals surface area (Å²) in [4.78, 5) is 5.22. The van der Waals surface area contributed by atoms with Gasteiger partial charge in [-0.3, -0.25) is 0 Å². The summed E-state index contributed by atoms with van der Waals surface area (Å²) in [5.41, 5.74) is 5.99. The maximum absolute atomic E-state index is 6.12. The van der Waals surface area contributed by atoms with Gasteiger partial charge in [0.1, 0.15) is 24.7 Å². The summed E-state index contributed by atoms with van der Waals surface area (Å²) in [6.07, 6.45) is 10.3. The smallest absolute Gasteiger partial charge is 0.148 e. The molecule has 0 aliphatic rings. The van der Waals surface area contributed by atoms with Crippen molar-refractivity contribution in [2.45, 2.75) is 0 Å². The van der Waals surface area contributed by atoms with E-state index in [4.69, 9.17) is 73.7 Å². The molecule has 0 aromatic heterocycles. The van der Waals surface area contributed by atoms with E-state index in [-0.39, 0.29) is 25.6 Å². The van der Waals surface area contributed by atoms with Crippen molar-refractivity contribution in [1.82, 2.24) is 0 Å². The van der Waals surface area contributed by atoms with Gasteiger partial charge in [-0.15, -0.1) is 25.3 Å². The maximum Gasteiger partial charge on any atom is 0.148 e. The predicted octanol–water partition coefficient (Wildman–Crippen LogP) is 6.12. The zero-order valence-corrected chi connectivity index (χ0v) is 17.9. The first-order valence-corrected chi connectivity index (χ1v) is 8.76. The lowest BCUT2D eigenvalue weighted by Gasteiger charge is -2.14. The van der Waals surface area contributed by atoms with Crippen LogP contribution in [0.4, 0.5) is 11.4 Å². The number of hydrogen-bond donors (Lipinski definition) is 2. The molecule has 0 spiro atoms. The molecule has 0 unspecified atom stereocenters. The second kappa shape index (κ2) is 11.9. The van der Waals surface area contributed by atoms with Gasteiger partial charge < -0.3 is 9.47 Å². The molecule has 0 amide bonds. The number of anilines is 2. The number of terminal acetylenes is 2. The molecule has 2 aromatic carbocycles. The topological polar surface area (TPSA) is 51.8 Å². The molecule has 2 rings (SSSR count). The summed E-state index contributed by atoms with van der Waals surface area (Å²) in [6.45, 7) is 0.113. The molecule has 148 valence electrons. The Kier molecular flexibility index (Phi) is 10.3. The molecule has 5 nitrogen and oxygen atoms in total. The minimum absolute atomic E-state index is 0. The molecule has 0 atom stereocenters. The van der Waals surface area contributed by atoms with Crippen LogP contribution in [-0.2, 0) is 4.94 Å². The Morgan fingerprint density at radius 3 is 1.46 bits per heavy atom. The third kappa shape index (κ3) is 6.65. The van der Waals surface area contributed by atoms with Gasteiger partial charge in [-0.25, -0.2) is 11.0 Å². The standard InChI is InChI=1S/C18H12Cl4N2O3.ClH/c1-3-5-25-17-9-15(11(19)7-13(17)21)23-27-24-16-10-18(26-6-4-2)14(22)8-12(16)20;/h1-2,7-10,23-24H,5-6H2;1H. The molecule has 0 aliphatic heterocycles. The van der Waals surface area contributed by atoms with Crippen LogP contribution in [0.2, 0.25) is 20.1 Å². The van der Waals surface area contributed by atoms with Crippen molar-refractivity contribution >= 4 is 70.2 Å². The summed E-state index contributed by atoms with van der Waals surface area (Å²) < 4.78 is 10.6. The first kappa shape index (κ1) is 24.2. The zero-order valence-electron chi connectivity index (χ0n) is 14.0. The molecule has 0 radical (unpaired) electrons. The van der Waals surface area contributed by atoms with E-state index in [1.54, 1.807) is 0 Å². The van der Waals surface area contributed by atoms with Crippen LogP contribution >= 0.6 is 58.8 Å². The maximum atomic E-state index is 6.12. The Labute approximate surface area is 188 Å². The lowest BCUT2D eigenvalue weighted by atomic mass is 10.3. The summed E-state index contributed by atoms with van der Waals surface area (Å²) in [5.74, 6) is 5.38. The van der Waals surface area contributed by atoms with Crippen molar-refractivity contribution in [3.05, 3.63) is 44.4 Å². The largest absolute Gasteiger partial charge is 0.479 e. The SMILES string of the molecule is C#CCOc1cc(NONc2cc(OCC#C)c(Cl)cc2Cl)c(Cl)cc1Cl.Cl. The van der Waals surface area contributed by atoms with Crippen molar-refractivity contribution in [1.29, 1.82) is 0 Å². The van der Waals surface area contributed by atoms with Gasteiger partial charge in [0.25, 0.3) is 0 Å². The molecule has 2 N–H and O–H groups in total. The van der Waals surface area contributed by atoms with E-state index in [0.717, 1.165) is 0 Å². The molecule has 0 bridgehead atoms. The van der Waals surface area contributed by atoms with Crippen molar-refractivity contribution < 1.29 is 14.4 Å². The lowest BCUT2D eigenvalue weighted by molar-refractivity contribution is 0.264. The van der Waals surface area contributed by atoms with Crippen LogP contribution in [-0.4, -0.2) is 13.2 Å². The van der Waals surface area contributed by atoms with Gasteiger partial charge in [0.05, 0.1) is 31.5 Å². The molecular weight excluding hydrogens is 469 g/mol. The fraction of sp³-hybridized carbons (Fsp3) is 0.111. The van der Waals surface area contributed by atoms with Gasteiger partial charge in [0.15, 0.2) is 0 Å². The second-order valence-corrected chi connectivity index (χ2v) is 6.45. The van der Waals surface area contributed by atoms with Gasteiger partial charge in [-0.1, -0.05) is 58.2 Å². The first-order valence-electron chi connectivity index (χ1n) is 7.24. The Morgan fingerprint density at radius 1 is 0.714 bits per heavy atom. The van der Waals surface area contributed by atoms with Crippen molar-refractivity contribution in [2.24, 2.45) is 0 Å². The van der Waals surface area contributed by atoms with E-state index in [0.29, 0.717) is 43.0 Å². The summed E-state index contributed by atoms with van der Waals surface area (Å²) in [7, 11) is 0. The Bertz CT molecular complexity index is 836. The molecule has 0 saturated carbocycles. The van der Waals surface area contributed by atoms with Crippen LogP contribution in [0.1, 0.15) is 0 Å². The van der Waals surface area contributed by atoms with Gasteiger partial charge in [0, 0.05) is 12.1 Å². The minimum Gasteiger partial charge on any atom is -0.479 e. The number of rotatable bonds is 8. The number of benzene rings is 2. The van der Waals surface area contributed by atoms with E-state index in [1.807, 2.05) is 0 Å². The summed E-state index contributed by atoms with van der Waals surface area (Å²) >= 11 is 24.3. The lowest BCUT2D eigenvalue weighted by Crippen LogP contribution is -2.09. The highest BCUT2D eigenvalue weighted by Crippen LogP contribution is 2.36. The van der Waals surface area contributed by atoms with Crippen molar-refractivity contribution in [3.63, 3.8) is 0 Å². The molecular formula is C18H13Cl5N2O3.